The molecule has 66 valence electrons. The summed E-state index contributed by atoms with van der Waals surface area (Å²) in [7, 11) is 0. The van der Waals surface area contributed by atoms with Crippen molar-refractivity contribution >= 4 is 11.4 Å². The van der Waals surface area contributed by atoms with Gasteiger partial charge in [0.25, 0.3) is 5.91 Å². The molecule has 0 radical (unpaired) electrons. The molecular formula is C10H10N2O. The van der Waals surface area contributed by atoms with E-state index >= 15 is 0 Å². The van der Waals surface area contributed by atoms with Crippen molar-refractivity contribution < 1.29 is 8.91 Å². The van der Waals surface area contributed by atoms with Gasteiger partial charge in [-0.15, -0.1) is 0 Å². The van der Waals surface area contributed by atoms with Crippen molar-refractivity contribution in [3.63, 3.8) is 0 Å². The highest BCUT2D eigenvalue weighted by Crippen LogP contribution is 2.11. The number of rotatable bonds is 1. The van der Waals surface area contributed by atoms with E-state index in [1.165, 1.54) is 0 Å². The topological polar surface area (TPSA) is 33.5 Å². The zero-order valence-electron chi connectivity index (χ0n) is 9.82. The first-order valence-corrected chi connectivity index (χ1v) is 3.85. The molecule has 0 aromatic carbocycles. The Labute approximate surface area is 80.2 Å². The van der Waals surface area contributed by atoms with E-state index in [-0.39, 0.29) is 0 Å². The fourth-order valence-corrected chi connectivity index (χ4v) is 1.31. The maximum Gasteiger partial charge on any atom is 0.253 e. The summed E-state index contributed by atoms with van der Waals surface area (Å²) < 4.78 is 22.7. The molecule has 0 aliphatic rings. The SMILES string of the molecule is [2H]C([2H])([2H])NC(=O)c1ccn2ccccc12. The summed E-state index contributed by atoms with van der Waals surface area (Å²) in [5, 5.41) is 1.96. The first-order valence-electron chi connectivity index (χ1n) is 5.35. The largest absolute Gasteiger partial charge is 0.355 e. The number of amides is 1. The summed E-state index contributed by atoms with van der Waals surface area (Å²) in [5.74, 6) is -0.589. The summed E-state index contributed by atoms with van der Waals surface area (Å²) in [6.45, 7) is -2.46. The molecule has 2 aromatic heterocycles. The highest BCUT2D eigenvalue weighted by Gasteiger charge is 2.07. The molecule has 0 spiro atoms. The van der Waals surface area contributed by atoms with Gasteiger partial charge in [0.15, 0.2) is 0 Å². The molecule has 0 aliphatic heterocycles. The van der Waals surface area contributed by atoms with Gasteiger partial charge >= 0.3 is 0 Å². The van der Waals surface area contributed by atoms with E-state index in [1.807, 2.05) is 11.4 Å². The number of aromatic nitrogens is 1. The molecule has 2 rings (SSSR count). The van der Waals surface area contributed by atoms with Gasteiger partial charge < -0.3 is 9.72 Å². The van der Waals surface area contributed by atoms with E-state index in [9.17, 15) is 4.79 Å². The van der Waals surface area contributed by atoms with Crippen LogP contribution in [0.2, 0.25) is 0 Å². The lowest BCUT2D eigenvalue weighted by Gasteiger charge is -1.97. The van der Waals surface area contributed by atoms with Gasteiger partial charge in [-0.3, -0.25) is 4.79 Å². The highest BCUT2D eigenvalue weighted by atomic mass is 16.1. The van der Waals surface area contributed by atoms with Crippen LogP contribution in [-0.2, 0) is 0 Å². The number of hydrogen-bond acceptors (Lipinski definition) is 1. The molecule has 1 N–H and O–H groups in total. The number of fused-ring (bicyclic) bond motifs is 1. The minimum Gasteiger partial charge on any atom is -0.355 e. The molecule has 0 fully saturated rings. The van der Waals surface area contributed by atoms with Crippen LogP contribution < -0.4 is 5.32 Å². The van der Waals surface area contributed by atoms with E-state index in [0.717, 1.165) is 0 Å². The van der Waals surface area contributed by atoms with Crippen molar-refractivity contribution in [1.29, 1.82) is 0 Å². The lowest BCUT2D eigenvalue weighted by atomic mass is 10.2. The summed E-state index contributed by atoms with van der Waals surface area (Å²) in [4.78, 5) is 11.7. The Balaban J connectivity index is 2.37. The monoisotopic (exact) mass is 177 g/mol. The van der Waals surface area contributed by atoms with Gasteiger partial charge in [0, 0.05) is 23.5 Å². The second-order valence-electron chi connectivity index (χ2n) is 2.68. The predicted molar refractivity (Wildman–Crippen MR) is 50.8 cm³/mol. The molecule has 3 nitrogen and oxygen atoms in total. The summed E-state index contributed by atoms with van der Waals surface area (Å²) >= 11 is 0. The molecule has 0 aliphatic carbocycles. The van der Waals surface area contributed by atoms with Crippen molar-refractivity contribution in [2.75, 3.05) is 6.98 Å². The van der Waals surface area contributed by atoms with E-state index in [1.54, 1.807) is 35.0 Å². The van der Waals surface area contributed by atoms with Crippen LogP contribution in [-0.4, -0.2) is 17.3 Å². The van der Waals surface area contributed by atoms with Crippen LogP contribution >= 0.6 is 0 Å². The Morgan fingerprint density at radius 3 is 3.23 bits per heavy atom. The van der Waals surface area contributed by atoms with Gasteiger partial charge in [0.1, 0.15) is 0 Å². The van der Waals surface area contributed by atoms with Crippen LogP contribution in [0.1, 0.15) is 14.5 Å². The second-order valence-corrected chi connectivity index (χ2v) is 2.68. The highest BCUT2D eigenvalue weighted by molar-refractivity contribution is 6.00. The molecule has 0 bridgehead atoms. The average Bonchev–Trinajstić information content (AvgIpc) is 2.58. The smallest absolute Gasteiger partial charge is 0.253 e. The number of carbonyl (C=O) groups is 1. The standard InChI is InChI=1S/C10H10N2O/c1-11-10(13)8-5-7-12-6-3-2-4-9(8)12/h2-7H,1H3,(H,11,13)/i1D3. The van der Waals surface area contributed by atoms with E-state index in [0.29, 0.717) is 11.1 Å². The maximum absolute atomic E-state index is 11.7. The molecular weight excluding hydrogens is 164 g/mol. The van der Waals surface area contributed by atoms with E-state index in [4.69, 9.17) is 4.11 Å². The molecule has 0 atom stereocenters. The first kappa shape index (κ1) is 5.07. The third-order valence-corrected chi connectivity index (χ3v) is 1.93. The Hall–Kier alpha value is -1.77. The van der Waals surface area contributed by atoms with Gasteiger partial charge in [-0.25, -0.2) is 0 Å². The normalized spacial score (nSPS) is 14.6. The van der Waals surface area contributed by atoms with Crippen LogP contribution in [0.25, 0.3) is 5.52 Å². The molecule has 13 heavy (non-hydrogen) atoms. The number of pyridine rings is 1. The third-order valence-electron chi connectivity index (χ3n) is 1.93. The van der Waals surface area contributed by atoms with E-state index < -0.39 is 12.9 Å². The summed E-state index contributed by atoms with van der Waals surface area (Å²) in [6, 6.07) is 6.98. The lowest BCUT2D eigenvalue weighted by molar-refractivity contribution is 0.0965. The molecule has 2 aromatic rings. The van der Waals surface area contributed by atoms with Crippen LogP contribution in [0.3, 0.4) is 0 Å². The predicted octanol–water partition coefficient (Wildman–Crippen LogP) is 1.30. The molecule has 3 heteroatoms. The van der Waals surface area contributed by atoms with Gasteiger partial charge in [-0.05, 0) is 18.2 Å². The van der Waals surface area contributed by atoms with E-state index in [2.05, 4.69) is 0 Å². The van der Waals surface area contributed by atoms with Gasteiger partial charge in [0.05, 0.1) is 11.1 Å². The minimum absolute atomic E-state index is 0.358. The Morgan fingerprint density at radius 2 is 2.38 bits per heavy atom. The minimum atomic E-state index is -2.46. The van der Waals surface area contributed by atoms with Crippen molar-refractivity contribution in [2.24, 2.45) is 0 Å². The lowest BCUT2D eigenvalue weighted by Crippen LogP contribution is -2.17. The Kier molecular flexibility index (Phi) is 1.14. The number of carbonyl (C=O) groups excluding carboxylic acids is 1. The molecule has 0 saturated heterocycles. The molecule has 0 saturated carbocycles. The quantitative estimate of drug-likeness (QED) is 0.699. The summed E-state index contributed by atoms with van der Waals surface area (Å²) in [6.07, 6.45) is 3.51. The van der Waals surface area contributed by atoms with Crippen LogP contribution in [0.15, 0.2) is 36.7 Å². The van der Waals surface area contributed by atoms with Crippen molar-refractivity contribution in [1.82, 2.24) is 9.72 Å². The molecule has 0 unspecified atom stereocenters. The van der Waals surface area contributed by atoms with Crippen LogP contribution in [0.4, 0.5) is 0 Å². The first-order chi connectivity index (χ1) is 7.47. The van der Waals surface area contributed by atoms with Gasteiger partial charge in [-0.2, -0.15) is 0 Å². The van der Waals surface area contributed by atoms with Crippen molar-refractivity contribution in [2.45, 2.75) is 0 Å². The third kappa shape index (κ3) is 1.18. The molecule has 2 heterocycles. The summed E-state index contributed by atoms with van der Waals surface area (Å²) in [5.41, 5.74) is 1.04. The van der Waals surface area contributed by atoms with Crippen molar-refractivity contribution in [3.05, 3.63) is 42.2 Å². The average molecular weight is 177 g/mol. The zero-order chi connectivity index (χ0) is 11.8. The van der Waals surface area contributed by atoms with Crippen LogP contribution in [0, 0.1) is 0 Å². The number of nitrogens with one attached hydrogen (secondary N) is 1. The fourth-order valence-electron chi connectivity index (χ4n) is 1.31. The second kappa shape index (κ2) is 2.94. The van der Waals surface area contributed by atoms with Crippen molar-refractivity contribution in [3.8, 4) is 0 Å². The zero-order valence-corrected chi connectivity index (χ0v) is 6.82. The fraction of sp³-hybridized carbons (Fsp3) is 0.100. The number of hydrogen-bond donors (Lipinski definition) is 1. The Morgan fingerprint density at radius 1 is 1.46 bits per heavy atom. The number of nitrogens with zero attached hydrogens (tertiary/aromatic N) is 1. The van der Waals surface area contributed by atoms with Gasteiger partial charge in [0.2, 0.25) is 0 Å². The maximum atomic E-state index is 11.7. The molecule has 1 amide bonds. The van der Waals surface area contributed by atoms with Gasteiger partial charge in [-0.1, -0.05) is 6.07 Å². The van der Waals surface area contributed by atoms with Crippen LogP contribution in [0.5, 0.6) is 0 Å². The Bertz CT molecular complexity index is 530.